The van der Waals surface area contributed by atoms with E-state index < -0.39 is 10.7 Å². The van der Waals surface area contributed by atoms with Crippen LogP contribution in [-0.4, -0.2) is 15.3 Å². The van der Waals surface area contributed by atoms with Crippen LogP contribution in [0.5, 0.6) is 11.5 Å². The number of nitrogens with zero attached hydrogens (tertiary/aromatic N) is 1. The summed E-state index contributed by atoms with van der Waals surface area (Å²) in [4.78, 5) is 10.5. The first-order valence-corrected chi connectivity index (χ1v) is 9.40. The summed E-state index contributed by atoms with van der Waals surface area (Å²) in [5.41, 5.74) is 11.5. The molecule has 0 fully saturated rings. The molecule has 0 saturated carbocycles. The molecule has 0 unspecified atom stereocenters. The second kappa shape index (κ2) is 12.7. The van der Waals surface area contributed by atoms with Crippen LogP contribution in [0.1, 0.15) is 11.1 Å². The van der Waals surface area contributed by atoms with Crippen molar-refractivity contribution >= 4 is 73.5 Å². The van der Waals surface area contributed by atoms with Crippen molar-refractivity contribution in [2.45, 2.75) is 11.5 Å². The van der Waals surface area contributed by atoms with E-state index in [4.69, 9.17) is 27.0 Å². The molecule has 158 valence electrons. The van der Waals surface area contributed by atoms with Crippen LogP contribution in [0.15, 0.2) is 36.4 Å². The Balaban J connectivity index is 0.00000392. The molecule has 0 heterocycles. The largest absolute Gasteiger partial charge is 0.457 e. The Bertz CT molecular complexity index is 905. The van der Waals surface area contributed by atoms with Crippen LogP contribution in [-0.2, 0) is 11.5 Å². The zero-order chi connectivity index (χ0) is 20.0. The molecule has 2 aromatic rings. The van der Waals surface area contributed by atoms with Gasteiger partial charge in [0, 0.05) is 34.8 Å². The molecule has 13 heteroatoms. The van der Waals surface area contributed by atoms with E-state index in [-0.39, 0.29) is 61.5 Å². The first-order chi connectivity index (χ1) is 12.8. The van der Waals surface area contributed by atoms with Crippen molar-refractivity contribution in [3.63, 3.8) is 0 Å². The average molecular weight is 571 g/mol. The molecule has 0 aliphatic heterocycles. The standard InChI is InChI=1S/C16H16FN5O3S2.2BrH/c17-11-1-3-13(9(5-11)7-26-15(18)19)25-14-4-2-12(22(23)24)6-10(14)8-27-16(20)21;;/h1-6H,7-8H2,(H3,18,19)(H3,20,21);2*1H. The molecule has 0 aliphatic carbocycles. The first-order valence-electron chi connectivity index (χ1n) is 7.43. The zero-order valence-corrected chi connectivity index (χ0v) is 19.8. The van der Waals surface area contributed by atoms with Gasteiger partial charge < -0.3 is 16.2 Å². The Labute approximate surface area is 195 Å². The number of hydrogen-bond donors (Lipinski definition) is 4. The van der Waals surface area contributed by atoms with Crippen LogP contribution in [0, 0.1) is 26.8 Å². The van der Waals surface area contributed by atoms with Crippen LogP contribution >= 0.6 is 57.5 Å². The lowest BCUT2D eigenvalue weighted by molar-refractivity contribution is -0.384. The lowest BCUT2D eigenvalue weighted by atomic mass is 10.2. The third-order valence-electron chi connectivity index (χ3n) is 3.26. The summed E-state index contributed by atoms with van der Waals surface area (Å²) in [7, 11) is 0. The first kappa shape index (κ1) is 27.2. The molecule has 0 aromatic heterocycles. The molecule has 2 aromatic carbocycles. The number of nitro benzene ring substituents is 1. The second-order valence-electron chi connectivity index (χ2n) is 5.21. The Hall–Kier alpha value is -1.83. The van der Waals surface area contributed by atoms with Gasteiger partial charge in [0.1, 0.15) is 17.3 Å². The maximum atomic E-state index is 13.6. The lowest BCUT2D eigenvalue weighted by Crippen LogP contribution is -2.05. The van der Waals surface area contributed by atoms with Crippen molar-refractivity contribution in [2.24, 2.45) is 11.5 Å². The number of halogens is 3. The zero-order valence-electron chi connectivity index (χ0n) is 14.7. The molecule has 0 radical (unpaired) electrons. The van der Waals surface area contributed by atoms with Crippen LogP contribution in [0.2, 0.25) is 0 Å². The highest BCUT2D eigenvalue weighted by molar-refractivity contribution is 8.93. The Morgan fingerprint density at radius 2 is 1.48 bits per heavy atom. The second-order valence-corrected chi connectivity index (χ2v) is 7.24. The predicted octanol–water partition coefficient (Wildman–Crippen LogP) is 4.94. The van der Waals surface area contributed by atoms with Gasteiger partial charge >= 0.3 is 0 Å². The number of ether oxygens (including phenoxy) is 1. The van der Waals surface area contributed by atoms with E-state index in [9.17, 15) is 14.5 Å². The minimum atomic E-state index is -0.529. The minimum absolute atomic E-state index is 0. The normalized spacial score (nSPS) is 9.69. The molecule has 29 heavy (non-hydrogen) atoms. The van der Waals surface area contributed by atoms with Gasteiger partial charge in [0.25, 0.3) is 5.69 Å². The smallest absolute Gasteiger partial charge is 0.270 e. The van der Waals surface area contributed by atoms with E-state index in [1.54, 1.807) is 0 Å². The van der Waals surface area contributed by atoms with Gasteiger partial charge in [0.05, 0.1) is 4.92 Å². The monoisotopic (exact) mass is 569 g/mol. The Morgan fingerprint density at radius 3 is 1.97 bits per heavy atom. The third-order valence-corrected chi connectivity index (χ3v) is 4.80. The number of nitrogens with one attached hydrogen (secondary N) is 2. The van der Waals surface area contributed by atoms with Crippen molar-refractivity contribution in [1.82, 2.24) is 0 Å². The van der Waals surface area contributed by atoms with Crippen molar-refractivity contribution in [3.8, 4) is 11.5 Å². The summed E-state index contributed by atoms with van der Waals surface area (Å²) in [6.07, 6.45) is 0. The molecular weight excluding hydrogens is 553 g/mol. The molecule has 0 atom stereocenters. The number of rotatable bonds is 7. The Kier molecular flexibility index (Phi) is 11.9. The summed E-state index contributed by atoms with van der Waals surface area (Å²) in [6, 6.07) is 8.03. The molecule has 6 N–H and O–H groups in total. The van der Waals surface area contributed by atoms with Gasteiger partial charge in [-0.25, -0.2) is 4.39 Å². The van der Waals surface area contributed by atoms with E-state index in [0.29, 0.717) is 22.6 Å². The van der Waals surface area contributed by atoms with Gasteiger partial charge in [-0.15, -0.1) is 34.0 Å². The summed E-state index contributed by atoms with van der Waals surface area (Å²) < 4.78 is 19.4. The summed E-state index contributed by atoms with van der Waals surface area (Å²) in [5.74, 6) is 0.638. The van der Waals surface area contributed by atoms with Crippen LogP contribution in [0.3, 0.4) is 0 Å². The number of amidine groups is 2. The molecule has 0 bridgehead atoms. The van der Waals surface area contributed by atoms with Gasteiger partial charge in [-0.1, -0.05) is 23.5 Å². The highest BCUT2D eigenvalue weighted by atomic mass is 79.9. The molecular formula is C16H18Br2FN5O3S2. The van der Waals surface area contributed by atoms with Crippen LogP contribution < -0.4 is 16.2 Å². The number of thioether (sulfide) groups is 2. The Morgan fingerprint density at radius 1 is 1.00 bits per heavy atom. The van der Waals surface area contributed by atoms with Gasteiger partial charge in [-0.3, -0.25) is 20.9 Å². The highest BCUT2D eigenvalue weighted by Crippen LogP contribution is 2.34. The quantitative estimate of drug-likeness (QED) is 0.159. The third kappa shape index (κ3) is 8.60. The van der Waals surface area contributed by atoms with Gasteiger partial charge in [-0.05, 0) is 24.3 Å². The van der Waals surface area contributed by atoms with Crippen molar-refractivity contribution < 1.29 is 14.1 Å². The van der Waals surface area contributed by atoms with Crippen LogP contribution in [0.25, 0.3) is 0 Å². The van der Waals surface area contributed by atoms with E-state index in [2.05, 4.69) is 0 Å². The van der Waals surface area contributed by atoms with Gasteiger partial charge in [0.2, 0.25) is 0 Å². The van der Waals surface area contributed by atoms with Crippen molar-refractivity contribution in [2.75, 3.05) is 0 Å². The minimum Gasteiger partial charge on any atom is -0.457 e. The molecule has 0 amide bonds. The van der Waals surface area contributed by atoms with Crippen molar-refractivity contribution in [3.05, 3.63) is 63.5 Å². The van der Waals surface area contributed by atoms with E-state index in [1.165, 1.54) is 36.4 Å². The van der Waals surface area contributed by atoms with Gasteiger partial charge in [0.15, 0.2) is 10.3 Å². The topological polar surface area (TPSA) is 152 Å². The van der Waals surface area contributed by atoms with Crippen molar-refractivity contribution in [1.29, 1.82) is 10.8 Å². The summed E-state index contributed by atoms with van der Waals surface area (Å²) in [5, 5.41) is 25.4. The number of benzene rings is 2. The fraction of sp³-hybridized carbons (Fsp3) is 0.125. The fourth-order valence-electron chi connectivity index (χ4n) is 2.08. The summed E-state index contributed by atoms with van der Waals surface area (Å²) >= 11 is 2.02. The summed E-state index contributed by atoms with van der Waals surface area (Å²) in [6.45, 7) is 0. The van der Waals surface area contributed by atoms with Crippen LogP contribution in [0.4, 0.5) is 10.1 Å². The highest BCUT2D eigenvalue weighted by Gasteiger charge is 2.15. The molecule has 0 aliphatic rings. The SMILES string of the molecule is Br.Br.N=C(N)SCc1cc(F)ccc1Oc1ccc([N+](=O)[O-])cc1CSC(=N)N. The maximum absolute atomic E-state index is 13.6. The number of nitro groups is 1. The number of nitrogens with two attached hydrogens (primary N) is 2. The fourth-order valence-corrected chi connectivity index (χ4v) is 3.15. The molecule has 2 rings (SSSR count). The number of non-ortho nitro benzene ring substituents is 1. The number of hydrogen-bond acceptors (Lipinski definition) is 7. The molecule has 0 spiro atoms. The average Bonchev–Trinajstić information content (AvgIpc) is 2.60. The molecule has 8 nitrogen and oxygen atoms in total. The van der Waals surface area contributed by atoms with Gasteiger partial charge in [-0.2, -0.15) is 0 Å². The predicted molar refractivity (Wildman–Crippen MR) is 127 cm³/mol. The van der Waals surface area contributed by atoms with E-state index in [0.717, 1.165) is 23.5 Å². The lowest BCUT2D eigenvalue weighted by Gasteiger charge is -2.14. The van der Waals surface area contributed by atoms with E-state index in [1.807, 2.05) is 0 Å². The molecule has 0 saturated heterocycles. The maximum Gasteiger partial charge on any atom is 0.270 e. The van der Waals surface area contributed by atoms with E-state index >= 15 is 0 Å².